The number of phenolic OH excluding ortho intramolecular Hbond substituents is 1. The molecule has 3 rings (SSSR count). The number of nitrogens with zero attached hydrogens (tertiary/aromatic N) is 1. The van der Waals surface area contributed by atoms with Crippen LogP contribution in [0.3, 0.4) is 0 Å². The van der Waals surface area contributed by atoms with Gasteiger partial charge in [0.25, 0.3) is 5.91 Å². The zero-order chi connectivity index (χ0) is 28.0. The van der Waals surface area contributed by atoms with Crippen LogP contribution in [0.15, 0.2) is 66.7 Å². The molecule has 0 aliphatic rings. The van der Waals surface area contributed by atoms with Gasteiger partial charge in [-0.3, -0.25) is 14.4 Å². The molecule has 10 nitrogen and oxygen atoms in total. The summed E-state index contributed by atoms with van der Waals surface area (Å²) in [4.78, 5) is 52.3. The number of carbonyl (C=O) groups excluding carboxylic acids is 4. The number of carbonyl (C=O) groups is 4. The van der Waals surface area contributed by atoms with Crippen LogP contribution in [0.4, 0.5) is 10.5 Å². The predicted octanol–water partition coefficient (Wildman–Crippen LogP) is 3.45. The number of likely N-dealkylation sites (N-methyl/N-ethyl adjacent to an activating group) is 1. The Bertz CT molecular complexity index is 1350. The third-order valence-corrected chi connectivity index (χ3v) is 5.63. The first kappa shape index (κ1) is 28.0. The number of amides is 4. The van der Waals surface area contributed by atoms with Crippen LogP contribution in [-0.2, 0) is 19.1 Å². The zero-order valence-corrected chi connectivity index (χ0v) is 21.7. The van der Waals surface area contributed by atoms with Gasteiger partial charge in [-0.25, -0.2) is 4.79 Å². The van der Waals surface area contributed by atoms with Crippen molar-refractivity contribution in [3.05, 3.63) is 72.3 Å². The average Bonchev–Trinajstić information content (AvgIpc) is 2.83. The third kappa shape index (κ3) is 7.22. The van der Waals surface area contributed by atoms with E-state index in [2.05, 4.69) is 10.6 Å². The van der Waals surface area contributed by atoms with Gasteiger partial charge in [0.05, 0.1) is 6.42 Å². The summed E-state index contributed by atoms with van der Waals surface area (Å²) in [6, 6.07) is 16.4. The van der Waals surface area contributed by atoms with Gasteiger partial charge in [-0.15, -0.1) is 0 Å². The first-order chi connectivity index (χ1) is 17.9. The molecular formula is C28H32N4O6. The molecule has 3 aromatic carbocycles. The Hall–Kier alpha value is -4.60. The summed E-state index contributed by atoms with van der Waals surface area (Å²) in [7, 11) is 1.34. The number of aromatic hydroxyl groups is 1. The molecule has 0 aliphatic carbocycles. The monoisotopic (exact) mass is 520 g/mol. The third-order valence-electron chi connectivity index (χ3n) is 5.63. The summed E-state index contributed by atoms with van der Waals surface area (Å²) >= 11 is 0. The largest absolute Gasteiger partial charge is 0.508 e. The number of fused-ring (bicyclic) bond motifs is 1. The van der Waals surface area contributed by atoms with Crippen LogP contribution in [0.1, 0.15) is 38.8 Å². The molecule has 0 fully saturated rings. The molecular weight excluding hydrogens is 488 g/mol. The number of anilines is 1. The van der Waals surface area contributed by atoms with Crippen molar-refractivity contribution in [2.24, 2.45) is 5.73 Å². The Balaban J connectivity index is 1.93. The van der Waals surface area contributed by atoms with Crippen molar-refractivity contribution >= 4 is 40.3 Å². The fourth-order valence-corrected chi connectivity index (χ4v) is 3.95. The molecule has 0 bridgehead atoms. The average molecular weight is 521 g/mol. The number of alkyl carbamates (subject to hydrolysis) is 1. The van der Waals surface area contributed by atoms with Crippen LogP contribution in [0.2, 0.25) is 0 Å². The van der Waals surface area contributed by atoms with E-state index < -0.39 is 47.9 Å². The van der Waals surface area contributed by atoms with Crippen molar-refractivity contribution in [1.82, 2.24) is 10.2 Å². The molecule has 0 aliphatic heterocycles. The Morgan fingerprint density at radius 1 is 0.974 bits per heavy atom. The molecule has 0 spiro atoms. The highest BCUT2D eigenvalue weighted by molar-refractivity contribution is 6.01. The summed E-state index contributed by atoms with van der Waals surface area (Å²) in [5, 5.41) is 17.6. The highest BCUT2D eigenvalue weighted by Gasteiger charge is 2.36. The van der Waals surface area contributed by atoms with Gasteiger partial charge in [0, 0.05) is 18.3 Å². The Kier molecular flexibility index (Phi) is 8.57. The lowest BCUT2D eigenvalue weighted by molar-refractivity contribution is -0.140. The lowest BCUT2D eigenvalue weighted by Gasteiger charge is -2.31. The first-order valence-corrected chi connectivity index (χ1v) is 12.0. The van der Waals surface area contributed by atoms with Crippen LogP contribution >= 0.6 is 0 Å². The SMILES string of the molecule is CN(C(=O)C(CC(N)=O)NC(=O)OC(C)(C)C)C(C(=O)Nc1ccc2ccccc2c1)c1ccccc1O. The fourth-order valence-electron chi connectivity index (χ4n) is 3.95. The maximum atomic E-state index is 13.6. The van der Waals surface area contributed by atoms with E-state index in [1.54, 1.807) is 45.0 Å². The summed E-state index contributed by atoms with van der Waals surface area (Å²) in [5.41, 5.74) is 5.11. The molecule has 38 heavy (non-hydrogen) atoms. The Morgan fingerprint density at radius 3 is 2.24 bits per heavy atom. The molecule has 0 radical (unpaired) electrons. The van der Waals surface area contributed by atoms with Gasteiger partial charge < -0.3 is 31.1 Å². The quantitative estimate of drug-likeness (QED) is 0.357. The van der Waals surface area contributed by atoms with Gasteiger partial charge in [0.1, 0.15) is 23.4 Å². The second-order valence-electron chi connectivity index (χ2n) is 9.83. The standard InChI is InChI=1S/C28H32N4O6/c1-28(2,3)38-27(37)31-21(16-23(29)34)26(36)32(4)24(20-11-7-8-12-22(20)33)25(35)30-19-14-13-17-9-5-6-10-18(17)15-19/h5-15,21,24,33H,16H2,1-4H3,(H2,29,34)(H,30,35)(H,31,37). The number of primary amides is 1. The van der Waals surface area contributed by atoms with E-state index in [9.17, 15) is 24.3 Å². The van der Waals surface area contributed by atoms with E-state index in [0.717, 1.165) is 15.7 Å². The maximum Gasteiger partial charge on any atom is 0.408 e. The van der Waals surface area contributed by atoms with E-state index in [1.165, 1.54) is 19.2 Å². The molecule has 0 aromatic heterocycles. The molecule has 10 heteroatoms. The van der Waals surface area contributed by atoms with Crippen molar-refractivity contribution in [3.63, 3.8) is 0 Å². The molecule has 0 saturated carbocycles. The summed E-state index contributed by atoms with van der Waals surface area (Å²) in [6.07, 6.45) is -1.45. The molecule has 0 heterocycles. The number of hydrogen-bond donors (Lipinski definition) is 4. The zero-order valence-electron chi connectivity index (χ0n) is 21.7. The molecule has 3 aromatic rings. The van der Waals surface area contributed by atoms with Gasteiger partial charge in [-0.2, -0.15) is 0 Å². The van der Waals surface area contributed by atoms with E-state index in [0.29, 0.717) is 5.69 Å². The predicted molar refractivity (Wildman–Crippen MR) is 143 cm³/mol. The van der Waals surface area contributed by atoms with E-state index >= 15 is 0 Å². The molecule has 2 atom stereocenters. The van der Waals surface area contributed by atoms with Crippen molar-refractivity contribution in [1.29, 1.82) is 0 Å². The molecule has 2 unspecified atom stereocenters. The number of phenols is 1. The number of ether oxygens (including phenoxy) is 1. The number of hydrogen-bond acceptors (Lipinski definition) is 6. The van der Waals surface area contributed by atoms with Crippen molar-refractivity contribution < 1.29 is 29.0 Å². The number of rotatable bonds is 8. The number of nitrogens with two attached hydrogens (primary N) is 1. The molecule has 5 N–H and O–H groups in total. The molecule has 200 valence electrons. The fraction of sp³-hybridized carbons (Fsp3) is 0.286. The van der Waals surface area contributed by atoms with Crippen LogP contribution in [0, 0.1) is 0 Å². The van der Waals surface area contributed by atoms with Crippen molar-refractivity contribution in [2.75, 3.05) is 12.4 Å². The number of nitrogens with one attached hydrogen (secondary N) is 2. The lowest BCUT2D eigenvalue weighted by atomic mass is 10.0. The first-order valence-electron chi connectivity index (χ1n) is 12.0. The highest BCUT2D eigenvalue weighted by atomic mass is 16.6. The lowest BCUT2D eigenvalue weighted by Crippen LogP contribution is -2.52. The van der Waals surface area contributed by atoms with Gasteiger partial charge >= 0.3 is 6.09 Å². The minimum absolute atomic E-state index is 0.150. The minimum atomic E-state index is -1.41. The van der Waals surface area contributed by atoms with Crippen LogP contribution in [0.5, 0.6) is 5.75 Å². The van der Waals surface area contributed by atoms with Gasteiger partial charge in [-0.05, 0) is 49.7 Å². The van der Waals surface area contributed by atoms with Crippen LogP contribution < -0.4 is 16.4 Å². The van der Waals surface area contributed by atoms with E-state index in [4.69, 9.17) is 10.5 Å². The topological polar surface area (TPSA) is 151 Å². The van der Waals surface area contributed by atoms with Gasteiger partial charge in [-0.1, -0.05) is 48.5 Å². The van der Waals surface area contributed by atoms with E-state index in [1.807, 2.05) is 30.3 Å². The van der Waals surface area contributed by atoms with Crippen molar-refractivity contribution in [3.8, 4) is 5.75 Å². The normalized spacial score (nSPS) is 12.7. The summed E-state index contributed by atoms with van der Waals surface area (Å²) < 4.78 is 5.21. The Morgan fingerprint density at radius 2 is 1.61 bits per heavy atom. The number of benzene rings is 3. The summed E-state index contributed by atoms with van der Waals surface area (Å²) in [5.74, 6) is -2.45. The second kappa shape index (κ2) is 11.6. The Labute approximate surface area is 220 Å². The second-order valence-corrected chi connectivity index (χ2v) is 9.83. The van der Waals surface area contributed by atoms with E-state index in [-0.39, 0.29) is 11.3 Å². The smallest absolute Gasteiger partial charge is 0.408 e. The maximum absolute atomic E-state index is 13.6. The molecule has 4 amide bonds. The van der Waals surface area contributed by atoms with Gasteiger partial charge in [0.15, 0.2) is 0 Å². The van der Waals surface area contributed by atoms with Crippen LogP contribution in [0.25, 0.3) is 10.8 Å². The van der Waals surface area contributed by atoms with Crippen LogP contribution in [-0.4, -0.2) is 52.5 Å². The van der Waals surface area contributed by atoms with Crippen molar-refractivity contribution in [2.45, 2.75) is 44.9 Å². The summed E-state index contributed by atoms with van der Waals surface area (Å²) in [6.45, 7) is 4.94. The number of para-hydroxylation sites is 1. The minimum Gasteiger partial charge on any atom is -0.508 e. The van der Waals surface area contributed by atoms with Gasteiger partial charge in [0.2, 0.25) is 11.8 Å². The molecule has 0 saturated heterocycles. The highest BCUT2D eigenvalue weighted by Crippen LogP contribution is 2.30.